The number of nitrogens with zero attached hydrogens (tertiary/aromatic N) is 2. The summed E-state index contributed by atoms with van der Waals surface area (Å²) < 4.78 is 0. The number of likely N-dealkylation sites (N-methyl/N-ethyl adjacent to an activating group) is 1. The second kappa shape index (κ2) is 7.53. The molecule has 1 saturated carbocycles. The molecule has 2 aliphatic rings. The Kier molecular flexibility index (Phi) is 5.41. The molecule has 1 heterocycles. The van der Waals surface area contributed by atoms with Gasteiger partial charge in [-0.15, -0.1) is 0 Å². The van der Waals surface area contributed by atoms with E-state index in [0.29, 0.717) is 6.04 Å². The first-order valence-corrected chi connectivity index (χ1v) is 9.04. The molecular weight excluding hydrogens is 302 g/mol. The Labute approximate surface area is 144 Å². The van der Waals surface area contributed by atoms with Crippen LogP contribution >= 0.6 is 0 Å². The fourth-order valence-electron chi connectivity index (χ4n) is 4.36. The van der Waals surface area contributed by atoms with E-state index in [2.05, 4.69) is 34.3 Å². The molecule has 0 spiro atoms. The zero-order valence-electron chi connectivity index (χ0n) is 14.6. The molecule has 1 saturated heterocycles. The first-order valence-electron chi connectivity index (χ1n) is 9.04. The molecule has 0 radical (unpaired) electrons. The number of rotatable bonds is 4. The van der Waals surface area contributed by atoms with Crippen LogP contribution in [0.2, 0.25) is 0 Å². The number of nitrogens with one attached hydrogen (secondary N) is 1. The number of hydrogen-bond donors (Lipinski definition) is 2. The molecule has 0 aromatic heterocycles. The van der Waals surface area contributed by atoms with Crippen LogP contribution in [-0.2, 0) is 6.42 Å². The van der Waals surface area contributed by atoms with Crippen LogP contribution in [0.1, 0.15) is 31.2 Å². The number of carbonyl (C=O) groups is 1. The maximum absolute atomic E-state index is 11.5. The first kappa shape index (κ1) is 17.2. The summed E-state index contributed by atoms with van der Waals surface area (Å²) in [5, 5.41) is 12.3. The minimum absolute atomic E-state index is 0.334. The molecule has 2 atom stereocenters. The van der Waals surface area contributed by atoms with E-state index in [-0.39, 0.29) is 5.54 Å². The SMILES string of the molecule is CN1CCN([C@@H]2CCCC(Cc3ccccc3)(NC(=O)O)C2)CC1. The minimum atomic E-state index is -0.898. The molecule has 0 bridgehead atoms. The fraction of sp³-hybridized carbons (Fsp3) is 0.632. The third kappa shape index (κ3) is 4.28. The Hall–Kier alpha value is -1.59. The van der Waals surface area contributed by atoms with Crippen molar-refractivity contribution in [1.82, 2.24) is 15.1 Å². The second-order valence-electron chi connectivity index (χ2n) is 7.46. The predicted molar refractivity (Wildman–Crippen MR) is 95.4 cm³/mol. The summed E-state index contributed by atoms with van der Waals surface area (Å²) >= 11 is 0. The molecule has 1 aliphatic carbocycles. The molecule has 132 valence electrons. The summed E-state index contributed by atoms with van der Waals surface area (Å²) in [6.07, 6.45) is 4.00. The fourth-order valence-corrected chi connectivity index (χ4v) is 4.36. The zero-order chi connectivity index (χ0) is 17.0. The minimum Gasteiger partial charge on any atom is -0.465 e. The van der Waals surface area contributed by atoms with Crippen molar-refractivity contribution >= 4 is 6.09 Å². The van der Waals surface area contributed by atoms with Gasteiger partial charge in [-0.2, -0.15) is 0 Å². The van der Waals surface area contributed by atoms with Crippen molar-refractivity contribution in [3.63, 3.8) is 0 Å². The van der Waals surface area contributed by atoms with Crippen molar-refractivity contribution in [2.24, 2.45) is 0 Å². The quantitative estimate of drug-likeness (QED) is 0.890. The van der Waals surface area contributed by atoms with Gasteiger partial charge in [0.2, 0.25) is 0 Å². The van der Waals surface area contributed by atoms with Crippen molar-refractivity contribution < 1.29 is 9.90 Å². The van der Waals surface area contributed by atoms with Crippen LogP contribution in [0.25, 0.3) is 0 Å². The molecular formula is C19H29N3O2. The van der Waals surface area contributed by atoms with Gasteiger partial charge < -0.3 is 15.3 Å². The van der Waals surface area contributed by atoms with Crippen LogP contribution in [0.3, 0.4) is 0 Å². The van der Waals surface area contributed by atoms with Gasteiger partial charge in [0.25, 0.3) is 0 Å². The lowest BCUT2D eigenvalue weighted by atomic mass is 9.74. The summed E-state index contributed by atoms with van der Waals surface area (Å²) in [7, 11) is 2.17. The molecule has 5 heteroatoms. The number of carboxylic acid groups (broad SMARTS) is 1. The van der Waals surface area contributed by atoms with Crippen LogP contribution < -0.4 is 5.32 Å². The summed E-state index contributed by atoms with van der Waals surface area (Å²) in [6.45, 7) is 4.40. The third-order valence-electron chi connectivity index (χ3n) is 5.63. The Morgan fingerprint density at radius 3 is 2.62 bits per heavy atom. The molecule has 1 aliphatic heterocycles. The Morgan fingerprint density at radius 2 is 1.96 bits per heavy atom. The van der Waals surface area contributed by atoms with E-state index in [9.17, 15) is 9.90 Å². The highest BCUT2D eigenvalue weighted by Gasteiger charge is 2.40. The molecule has 24 heavy (non-hydrogen) atoms. The van der Waals surface area contributed by atoms with Gasteiger partial charge in [-0.05, 0) is 44.7 Å². The molecule has 1 aromatic carbocycles. The van der Waals surface area contributed by atoms with Crippen LogP contribution in [-0.4, -0.2) is 65.8 Å². The van der Waals surface area contributed by atoms with E-state index in [4.69, 9.17) is 0 Å². The second-order valence-corrected chi connectivity index (χ2v) is 7.46. The zero-order valence-corrected chi connectivity index (χ0v) is 14.6. The van der Waals surface area contributed by atoms with Gasteiger partial charge >= 0.3 is 6.09 Å². The highest BCUT2D eigenvalue weighted by atomic mass is 16.4. The molecule has 2 N–H and O–H groups in total. The monoisotopic (exact) mass is 331 g/mol. The molecule has 1 aromatic rings. The lowest BCUT2D eigenvalue weighted by Crippen LogP contribution is -2.58. The Bertz CT molecular complexity index is 543. The van der Waals surface area contributed by atoms with E-state index >= 15 is 0 Å². The number of benzene rings is 1. The smallest absolute Gasteiger partial charge is 0.405 e. The summed E-state index contributed by atoms with van der Waals surface area (Å²) in [5.41, 5.74) is 0.879. The van der Waals surface area contributed by atoms with Crippen LogP contribution in [0, 0.1) is 0 Å². The average Bonchev–Trinajstić information content (AvgIpc) is 2.56. The van der Waals surface area contributed by atoms with Crippen molar-refractivity contribution in [3.8, 4) is 0 Å². The predicted octanol–water partition coefficient (Wildman–Crippen LogP) is 2.43. The standard InChI is InChI=1S/C19H29N3O2/c1-21-10-12-22(13-11-21)17-8-5-9-19(15-17,20-18(23)24)14-16-6-3-2-4-7-16/h2-4,6-7,17,20H,5,8-15H2,1H3,(H,23,24)/t17-,19?/m1/s1. The third-order valence-corrected chi connectivity index (χ3v) is 5.63. The van der Waals surface area contributed by atoms with Gasteiger partial charge in [0.05, 0.1) is 0 Å². The number of piperazine rings is 1. The maximum atomic E-state index is 11.5. The lowest BCUT2D eigenvalue weighted by molar-refractivity contribution is 0.0594. The van der Waals surface area contributed by atoms with Gasteiger partial charge in [0.1, 0.15) is 0 Å². The van der Waals surface area contributed by atoms with Crippen molar-refractivity contribution in [1.29, 1.82) is 0 Å². The van der Waals surface area contributed by atoms with E-state index in [1.165, 1.54) is 12.0 Å². The largest absolute Gasteiger partial charge is 0.465 e. The number of hydrogen-bond acceptors (Lipinski definition) is 3. The number of amides is 1. The van der Waals surface area contributed by atoms with E-state index in [0.717, 1.165) is 51.9 Å². The lowest BCUT2D eigenvalue weighted by Gasteiger charge is -2.46. The summed E-state index contributed by atoms with van der Waals surface area (Å²) in [4.78, 5) is 16.4. The van der Waals surface area contributed by atoms with E-state index < -0.39 is 6.09 Å². The Balaban J connectivity index is 1.73. The molecule has 1 amide bonds. The Morgan fingerprint density at radius 1 is 1.25 bits per heavy atom. The molecule has 1 unspecified atom stereocenters. The van der Waals surface area contributed by atoms with Crippen molar-refractivity contribution in [2.75, 3.05) is 33.2 Å². The van der Waals surface area contributed by atoms with Gasteiger partial charge in [-0.1, -0.05) is 30.3 Å². The normalized spacial score (nSPS) is 29.3. The van der Waals surface area contributed by atoms with Crippen LogP contribution in [0.5, 0.6) is 0 Å². The highest BCUT2D eigenvalue weighted by molar-refractivity contribution is 5.65. The molecule has 2 fully saturated rings. The van der Waals surface area contributed by atoms with Crippen molar-refractivity contribution in [2.45, 2.75) is 43.7 Å². The van der Waals surface area contributed by atoms with Crippen LogP contribution in [0.4, 0.5) is 4.79 Å². The van der Waals surface area contributed by atoms with Gasteiger partial charge in [-0.25, -0.2) is 4.79 Å². The van der Waals surface area contributed by atoms with Gasteiger partial charge in [-0.3, -0.25) is 4.90 Å². The topological polar surface area (TPSA) is 55.8 Å². The molecule has 5 nitrogen and oxygen atoms in total. The summed E-state index contributed by atoms with van der Waals surface area (Å²) in [6, 6.07) is 10.8. The molecule has 3 rings (SSSR count). The summed E-state index contributed by atoms with van der Waals surface area (Å²) in [5.74, 6) is 0. The van der Waals surface area contributed by atoms with E-state index in [1.54, 1.807) is 0 Å². The van der Waals surface area contributed by atoms with Crippen molar-refractivity contribution in [3.05, 3.63) is 35.9 Å². The van der Waals surface area contributed by atoms with E-state index in [1.807, 2.05) is 18.2 Å². The van der Waals surface area contributed by atoms with Gasteiger partial charge in [0.15, 0.2) is 0 Å². The maximum Gasteiger partial charge on any atom is 0.405 e. The average molecular weight is 331 g/mol. The van der Waals surface area contributed by atoms with Crippen LogP contribution in [0.15, 0.2) is 30.3 Å². The first-order chi connectivity index (χ1) is 11.6. The van der Waals surface area contributed by atoms with Gasteiger partial charge in [0, 0.05) is 37.8 Å². The highest BCUT2D eigenvalue weighted by Crippen LogP contribution is 2.34.